The molecule has 1 unspecified atom stereocenters. The summed E-state index contributed by atoms with van der Waals surface area (Å²) in [6, 6.07) is 4.70. The van der Waals surface area contributed by atoms with Crippen LogP contribution in [0.4, 0.5) is 4.39 Å². The highest BCUT2D eigenvalue weighted by atomic mass is 79.9. The Morgan fingerprint density at radius 1 is 1.56 bits per heavy atom. The van der Waals surface area contributed by atoms with Crippen LogP contribution in [-0.4, -0.2) is 24.3 Å². The molecule has 0 bridgehead atoms. The van der Waals surface area contributed by atoms with E-state index in [1.807, 2.05) is 0 Å². The lowest BCUT2D eigenvalue weighted by molar-refractivity contribution is -0.157. The molecule has 1 aromatic carbocycles. The maximum atomic E-state index is 13.8. The average Bonchev–Trinajstić information content (AvgIpc) is 2.34. The largest absolute Gasteiger partial charge is 0.481 e. The van der Waals surface area contributed by atoms with Gasteiger partial charge in [0.25, 0.3) is 0 Å². The molecule has 2 rings (SSSR count). The summed E-state index contributed by atoms with van der Waals surface area (Å²) in [5.41, 5.74) is -0.571. The van der Waals surface area contributed by atoms with Crippen molar-refractivity contribution in [2.24, 2.45) is 5.41 Å². The van der Waals surface area contributed by atoms with Crippen molar-refractivity contribution in [3.05, 3.63) is 34.1 Å². The molecule has 0 radical (unpaired) electrons. The SMILES string of the molecule is O=C(O)C1(Cc2ccc(Br)cc2F)CCCOC1. The number of carboxylic acid groups (broad SMARTS) is 1. The molecule has 1 aliphatic rings. The highest BCUT2D eigenvalue weighted by Gasteiger charge is 2.41. The monoisotopic (exact) mass is 316 g/mol. The fourth-order valence-electron chi connectivity index (χ4n) is 2.27. The van der Waals surface area contributed by atoms with E-state index >= 15 is 0 Å². The number of benzene rings is 1. The zero-order chi connectivity index (χ0) is 13.2. The third-order valence-electron chi connectivity index (χ3n) is 3.32. The van der Waals surface area contributed by atoms with Crippen molar-refractivity contribution < 1.29 is 19.0 Å². The van der Waals surface area contributed by atoms with Crippen molar-refractivity contribution >= 4 is 21.9 Å². The smallest absolute Gasteiger partial charge is 0.312 e. The Kier molecular flexibility index (Phi) is 4.02. The summed E-state index contributed by atoms with van der Waals surface area (Å²) in [4.78, 5) is 11.4. The van der Waals surface area contributed by atoms with E-state index in [4.69, 9.17) is 4.74 Å². The van der Waals surface area contributed by atoms with Crippen LogP contribution in [0.5, 0.6) is 0 Å². The minimum atomic E-state index is -0.993. The molecule has 18 heavy (non-hydrogen) atoms. The van der Waals surface area contributed by atoms with Crippen LogP contribution < -0.4 is 0 Å². The van der Waals surface area contributed by atoms with E-state index in [1.165, 1.54) is 6.07 Å². The summed E-state index contributed by atoms with van der Waals surface area (Å²) < 4.78 is 19.7. The number of carboxylic acids is 1. The van der Waals surface area contributed by atoms with Crippen LogP contribution in [0.2, 0.25) is 0 Å². The summed E-state index contributed by atoms with van der Waals surface area (Å²) in [6.45, 7) is 0.732. The molecule has 3 nitrogen and oxygen atoms in total. The van der Waals surface area contributed by atoms with Gasteiger partial charge in [0.2, 0.25) is 0 Å². The maximum absolute atomic E-state index is 13.8. The van der Waals surface area contributed by atoms with E-state index in [0.29, 0.717) is 29.5 Å². The first-order valence-electron chi connectivity index (χ1n) is 5.79. The van der Waals surface area contributed by atoms with E-state index in [0.717, 1.165) is 0 Å². The highest BCUT2D eigenvalue weighted by molar-refractivity contribution is 9.10. The summed E-state index contributed by atoms with van der Waals surface area (Å²) >= 11 is 3.18. The Morgan fingerprint density at radius 2 is 2.33 bits per heavy atom. The van der Waals surface area contributed by atoms with Gasteiger partial charge in [0.05, 0.1) is 12.0 Å². The Hall–Kier alpha value is -0.940. The molecule has 1 aromatic rings. The van der Waals surface area contributed by atoms with Gasteiger partial charge >= 0.3 is 5.97 Å². The molecule has 1 aliphatic heterocycles. The Labute approximate surface area is 113 Å². The molecule has 0 spiro atoms. The van der Waals surface area contributed by atoms with Gasteiger partial charge in [-0.25, -0.2) is 4.39 Å². The van der Waals surface area contributed by atoms with Gasteiger partial charge < -0.3 is 9.84 Å². The Bertz CT molecular complexity index is 456. The van der Waals surface area contributed by atoms with Gasteiger partial charge in [-0.15, -0.1) is 0 Å². The van der Waals surface area contributed by atoms with Crippen molar-refractivity contribution in [1.82, 2.24) is 0 Å². The average molecular weight is 317 g/mol. The molecule has 0 amide bonds. The fraction of sp³-hybridized carbons (Fsp3) is 0.462. The van der Waals surface area contributed by atoms with Crippen molar-refractivity contribution in [3.63, 3.8) is 0 Å². The fourth-order valence-corrected chi connectivity index (χ4v) is 2.60. The summed E-state index contributed by atoms with van der Waals surface area (Å²) in [5.74, 6) is -1.29. The Balaban J connectivity index is 2.26. The number of halogens is 2. The van der Waals surface area contributed by atoms with E-state index < -0.39 is 11.4 Å². The van der Waals surface area contributed by atoms with Gasteiger partial charge in [-0.3, -0.25) is 4.79 Å². The second kappa shape index (κ2) is 5.36. The van der Waals surface area contributed by atoms with Gasteiger partial charge in [-0.05, 0) is 37.0 Å². The van der Waals surface area contributed by atoms with Gasteiger partial charge in [-0.2, -0.15) is 0 Å². The molecule has 1 atom stereocenters. The minimum absolute atomic E-state index is 0.151. The third-order valence-corrected chi connectivity index (χ3v) is 3.81. The maximum Gasteiger partial charge on any atom is 0.312 e. The number of ether oxygens (including phenoxy) is 1. The van der Waals surface area contributed by atoms with Crippen LogP contribution in [0.3, 0.4) is 0 Å². The van der Waals surface area contributed by atoms with E-state index in [-0.39, 0.29) is 18.8 Å². The van der Waals surface area contributed by atoms with Crippen molar-refractivity contribution in [3.8, 4) is 0 Å². The molecule has 0 saturated carbocycles. The first-order valence-corrected chi connectivity index (χ1v) is 6.58. The van der Waals surface area contributed by atoms with Crippen LogP contribution in [0.1, 0.15) is 18.4 Å². The number of rotatable bonds is 3. The van der Waals surface area contributed by atoms with E-state index in [9.17, 15) is 14.3 Å². The van der Waals surface area contributed by atoms with E-state index in [2.05, 4.69) is 15.9 Å². The zero-order valence-corrected chi connectivity index (χ0v) is 11.4. The molecular weight excluding hydrogens is 303 g/mol. The van der Waals surface area contributed by atoms with E-state index in [1.54, 1.807) is 12.1 Å². The second-order valence-corrected chi connectivity index (χ2v) is 5.57. The minimum Gasteiger partial charge on any atom is -0.481 e. The standard InChI is InChI=1S/C13H14BrFO3/c14-10-3-2-9(11(15)6-10)7-13(12(16)17)4-1-5-18-8-13/h2-3,6H,1,4-5,7-8H2,(H,16,17). The topological polar surface area (TPSA) is 46.5 Å². The first kappa shape index (κ1) is 13.5. The first-order chi connectivity index (χ1) is 8.53. The second-order valence-electron chi connectivity index (χ2n) is 4.65. The predicted octanol–water partition coefficient (Wildman–Crippen LogP) is 3.01. The van der Waals surface area contributed by atoms with Crippen molar-refractivity contribution in [1.29, 1.82) is 0 Å². The summed E-state index contributed by atoms with van der Waals surface area (Å²) in [7, 11) is 0. The molecule has 0 aromatic heterocycles. The van der Waals surface area contributed by atoms with Crippen LogP contribution >= 0.6 is 15.9 Å². The quantitative estimate of drug-likeness (QED) is 0.932. The van der Waals surface area contributed by atoms with Gasteiger partial charge in [-0.1, -0.05) is 22.0 Å². The van der Waals surface area contributed by atoms with Crippen molar-refractivity contribution in [2.45, 2.75) is 19.3 Å². The third kappa shape index (κ3) is 2.72. The normalized spacial score (nSPS) is 23.9. The molecule has 0 aliphatic carbocycles. The number of hydrogen-bond acceptors (Lipinski definition) is 2. The van der Waals surface area contributed by atoms with Gasteiger partial charge in [0, 0.05) is 11.1 Å². The van der Waals surface area contributed by atoms with Crippen LogP contribution in [0.15, 0.2) is 22.7 Å². The molecule has 1 heterocycles. The number of carbonyl (C=O) groups is 1. The molecule has 1 N–H and O–H groups in total. The summed E-state index contributed by atoms with van der Waals surface area (Å²) in [6.07, 6.45) is 1.39. The van der Waals surface area contributed by atoms with Gasteiger partial charge in [0.15, 0.2) is 0 Å². The van der Waals surface area contributed by atoms with Crippen LogP contribution in [0.25, 0.3) is 0 Å². The lowest BCUT2D eigenvalue weighted by Crippen LogP contribution is -2.41. The highest BCUT2D eigenvalue weighted by Crippen LogP contribution is 2.34. The number of aliphatic carboxylic acids is 1. The lowest BCUT2D eigenvalue weighted by atomic mass is 9.77. The molecule has 98 valence electrons. The molecule has 5 heteroatoms. The zero-order valence-electron chi connectivity index (χ0n) is 9.79. The number of hydrogen-bond donors (Lipinski definition) is 1. The lowest BCUT2D eigenvalue weighted by Gasteiger charge is -2.33. The molecule has 1 fully saturated rings. The molecule has 1 saturated heterocycles. The Morgan fingerprint density at radius 3 is 2.89 bits per heavy atom. The summed E-state index contributed by atoms with van der Waals surface area (Å²) in [5, 5.41) is 9.38. The van der Waals surface area contributed by atoms with Crippen LogP contribution in [-0.2, 0) is 16.0 Å². The van der Waals surface area contributed by atoms with Crippen molar-refractivity contribution in [2.75, 3.05) is 13.2 Å². The molecular formula is C13H14BrFO3. The van der Waals surface area contributed by atoms with Crippen LogP contribution in [0, 0.1) is 11.2 Å². The predicted molar refractivity (Wildman–Crippen MR) is 67.9 cm³/mol. The van der Waals surface area contributed by atoms with Gasteiger partial charge in [0.1, 0.15) is 5.82 Å².